The molecule has 0 bridgehead atoms. The molecule has 0 amide bonds. The number of methoxy groups -OCH3 is 1. The van der Waals surface area contributed by atoms with E-state index in [2.05, 4.69) is 0 Å². The van der Waals surface area contributed by atoms with Gasteiger partial charge in [0, 0.05) is 12.1 Å². The molecule has 0 aliphatic rings. The fourth-order valence-electron chi connectivity index (χ4n) is 1.40. The normalized spacial score (nSPS) is 10.2. The lowest BCUT2D eigenvalue weighted by Gasteiger charge is -2.10. The van der Waals surface area contributed by atoms with E-state index in [9.17, 15) is 8.78 Å². The van der Waals surface area contributed by atoms with Gasteiger partial charge in [-0.25, -0.2) is 8.78 Å². The van der Waals surface area contributed by atoms with Crippen molar-refractivity contribution in [2.75, 3.05) is 12.8 Å². The number of nitrogens with two attached hydrogens (primary N) is 1. The van der Waals surface area contributed by atoms with Crippen LogP contribution in [0.2, 0.25) is 0 Å². The van der Waals surface area contributed by atoms with Crippen LogP contribution in [0.3, 0.4) is 0 Å². The summed E-state index contributed by atoms with van der Waals surface area (Å²) in [5.74, 6) is -0.767. The second-order valence-corrected chi connectivity index (χ2v) is 3.58. The van der Waals surface area contributed by atoms with Crippen molar-refractivity contribution in [3.8, 4) is 17.2 Å². The standard InChI is InChI=1S/C13H11F2NO2/c1-17-9-3-5-11(16)13(7-9)18-12-6-8(14)2-4-10(12)15/h2-7H,16H2,1H3. The van der Waals surface area contributed by atoms with Crippen LogP contribution in [0, 0.1) is 11.6 Å². The van der Waals surface area contributed by atoms with Crippen molar-refractivity contribution in [1.82, 2.24) is 0 Å². The summed E-state index contributed by atoms with van der Waals surface area (Å²) in [6, 6.07) is 7.65. The van der Waals surface area contributed by atoms with Crippen molar-refractivity contribution >= 4 is 5.69 Å². The Labute approximate surface area is 103 Å². The molecule has 0 unspecified atom stereocenters. The minimum Gasteiger partial charge on any atom is -0.497 e. The van der Waals surface area contributed by atoms with Crippen LogP contribution in [0.15, 0.2) is 36.4 Å². The van der Waals surface area contributed by atoms with E-state index in [1.165, 1.54) is 13.2 Å². The second-order valence-electron chi connectivity index (χ2n) is 3.58. The van der Waals surface area contributed by atoms with Crippen molar-refractivity contribution in [2.45, 2.75) is 0 Å². The number of anilines is 1. The number of ether oxygens (including phenoxy) is 2. The first kappa shape index (κ1) is 12.2. The summed E-state index contributed by atoms with van der Waals surface area (Å²) in [6.45, 7) is 0. The van der Waals surface area contributed by atoms with Gasteiger partial charge >= 0.3 is 0 Å². The highest BCUT2D eigenvalue weighted by Gasteiger charge is 2.09. The van der Waals surface area contributed by atoms with Gasteiger partial charge in [0.2, 0.25) is 0 Å². The summed E-state index contributed by atoms with van der Waals surface area (Å²) in [5, 5.41) is 0. The first-order valence-electron chi connectivity index (χ1n) is 5.16. The second kappa shape index (κ2) is 4.91. The zero-order valence-electron chi connectivity index (χ0n) is 9.61. The van der Waals surface area contributed by atoms with E-state index in [1.54, 1.807) is 12.1 Å². The maximum absolute atomic E-state index is 13.4. The average Bonchev–Trinajstić information content (AvgIpc) is 2.36. The highest BCUT2D eigenvalue weighted by molar-refractivity contribution is 5.57. The fraction of sp³-hybridized carbons (Fsp3) is 0.0769. The van der Waals surface area contributed by atoms with Gasteiger partial charge in [0.1, 0.15) is 11.6 Å². The molecule has 0 heterocycles. The Hall–Kier alpha value is -2.30. The Morgan fingerprint density at radius 1 is 1.00 bits per heavy atom. The molecular weight excluding hydrogens is 240 g/mol. The van der Waals surface area contributed by atoms with Gasteiger partial charge in [-0.15, -0.1) is 0 Å². The van der Waals surface area contributed by atoms with Crippen molar-refractivity contribution in [2.24, 2.45) is 0 Å². The largest absolute Gasteiger partial charge is 0.497 e. The third-order valence-corrected chi connectivity index (χ3v) is 2.33. The lowest BCUT2D eigenvalue weighted by molar-refractivity contribution is 0.405. The SMILES string of the molecule is COc1ccc(N)c(Oc2cc(F)ccc2F)c1. The Bertz CT molecular complexity index is 573. The van der Waals surface area contributed by atoms with E-state index in [4.69, 9.17) is 15.2 Å². The van der Waals surface area contributed by atoms with Gasteiger partial charge < -0.3 is 15.2 Å². The van der Waals surface area contributed by atoms with Gasteiger partial charge in [-0.2, -0.15) is 0 Å². The summed E-state index contributed by atoms with van der Waals surface area (Å²) in [5.41, 5.74) is 5.99. The van der Waals surface area contributed by atoms with Crippen LogP contribution < -0.4 is 15.2 Å². The predicted octanol–water partition coefficient (Wildman–Crippen LogP) is 3.35. The highest BCUT2D eigenvalue weighted by Crippen LogP contribution is 2.32. The quantitative estimate of drug-likeness (QED) is 0.851. The average molecular weight is 251 g/mol. The number of hydrogen-bond donors (Lipinski definition) is 1. The van der Waals surface area contributed by atoms with Gasteiger partial charge in [-0.05, 0) is 24.3 Å². The molecule has 0 fully saturated rings. The maximum atomic E-state index is 13.4. The van der Waals surface area contributed by atoms with Gasteiger partial charge in [0.05, 0.1) is 12.8 Å². The number of halogens is 2. The Morgan fingerprint density at radius 3 is 2.50 bits per heavy atom. The van der Waals surface area contributed by atoms with E-state index in [-0.39, 0.29) is 11.5 Å². The topological polar surface area (TPSA) is 44.5 Å². The van der Waals surface area contributed by atoms with Crippen LogP contribution in [0.4, 0.5) is 14.5 Å². The lowest BCUT2D eigenvalue weighted by atomic mass is 10.2. The zero-order valence-corrected chi connectivity index (χ0v) is 9.61. The third-order valence-electron chi connectivity index (χ3n) is 2.33. The predicted molar refractivity (Wildman–Crippen MR) is 63.8 cm³/mol. The molecule has 0 aliphatic carbocycles. The van der Waals surface area contributed by atoms with E-state index in [0.717, 1.165) is 18.2 Å². The molecule has 0 radical (unpaired) electrons. The van der Waals surface area contributed by atoms with E-state index in [0.29, 0.717) is 11.4 Å². The molecule has 5 heteroatoms. The monoisotopic (exact) mass is 251 g/mol. The van der Waals surface area contributed by atoms with Crippen LogP contribution in [-0.4, -0.2) is 7.11 Å². The summed E-state index contributed by atoms with van der Waals surface area (Å²) in [6.07, 6.45) is 0. The first-order chi connectivity index (χ1) is 8.60. The molecule has 2 N–H and O–H groups in total. The molecule has 3 nitrogen and oxygen atoms in total. The number of hydrogen-bond acceptors (Lipinski definition) is 3. The fourth-order valence-corrected chi connectivity index (χ4v) is 1.40. The summed E-state index contributed by atoms with van der Waals surface area (Å²) >= 11 is 0. The van der Waals surface area contributed by atoms with Gasteiger partial charge in [0.25, 0.3) is 0 Å². The van der Waals surface area contributed by atoms with Crippen molar-refractivity contribution in [1.29, 1.82) is 0 Å². The minimum atomic E-state index is -0.668. The van der Waals surface area contributed by atoms with Gasteiger partial charge in [0.15, 0.2) is 17.3 Å². The minimum absolute atomic E-state index is 0.207. The van der Waals surface area contributed by atoms with Crippen LogP contribution in [0.1, 0.15) is 0 Å². The van der Waals surface area contributed by atoms with Crippen LogP contribution >= 0.6 is 0 Å². The zero-order chi connectivity index (χ0) is 13.1. The third kappa shape index (κ3) is 2.51. The lowest BCUT2D eigenvalue weighted by Crippen LogP contribution is -1.95. The molecule has 0 spiro atoms. The summed E-state index contributed by atoms with van der Waals surface area (Å²) in [4.78, 5) is 0. The smallest absolute Gasteiger partial charge is 0.166 e. The van der Waals surface area contributed by atoms with E-state index < -0.39 is 11.6 Å². The van der Waals surface area contributed by atoms with Crippen LogP contribution in [-0.2, 0) is 0 Å². The molecule has 0 aromatic heterocycles. The number of benzene rings is 2. The maximum Gasteiger partial charge on any atom is 0.166 e. The number of rotatable bonds is 3. The molecule has 0 aliphatic heterocycles. The summed E-state index contributed by atoms with van der Waals surface area (Å²) in [7, 11) is 1.48. The Kier molecular flexibility index (Phi) is 3.32. The van der Waals surface area contributed by atoms with Gasteiger partial charge in [-0.3, -0.25) is 0 Å². The molecule has 18 heavy (non-hydrogen) atoms. The molecule has 2 aromatic carbocycles. The molecule has 2 aromatic rings. The Morgan fingerprint density at radius 2 is 1.78 bits per heavy atom. The molecule has 2 rings (SSSR count). The van der Waals surface area contributed by atoms with Crippen LogP contribution in [0.5, 0.6) is 17.2 Å². The molecular formula is C13H11F2NO2. The Balaban J connectivity index is 2.36. The van der Waals surface area contributed by atoms with Gasteiger partial charge in [-0.1, -0.05) is 0 Å². The molecule has 0 saturated heterocycles. The van der Waals surface area contributed by atoms with Crippen LogP contribution in [0.25, 0.3) is 0 Å². The molecule has 94 valence electrons. The molecule has 0 saturated carbocycles. The summed E-state index contributed by atoms with van der Waals surface area (Å²) < 4.78 is 36.6. The van der Waals surface area contributed by atoms with E-state index in [1.807, 2.05) is 0 Å². The van der Waals surface area contributed by atoms with Crippen molar-refractivity contribution in [3.05, 3.63) is 48.0 Å². The van der Waals surface area contributed by atoms with Crippen molar-refractivity contribution in [3.63, 3.8) is 0 Å². The highest BCUT2D eigenvalue weighted by atomic mass is 19.1. The van der Waals surface area contributed by atoms with E-state index >= 15 is 0 Å². The first-order valence-corrected chi connectivity index (χ1v) is 5.16. The van der Waals surface area contributed by atoms with Crippen molar-refractivity contribution < 1.29 is 18.3 Å². The number of nitrogen functional groups attached to an aromatic ring is 1. The molecule has 0 atom stereocenters.